The van der Waals surface area contributed by atoms with Gasteiger partial charge in [0.1, 0.15) is 0 Å². The molecule has 0 radical (unpaired) electrons. The summed E-state index contributed by atoms with van der Waals surface area (Å²) in [5, 5.41) is 1.01. The van der Waals surface area contributed by atoms with Crippen LogP contribution in [0.3, 0.4) is 0 Å². The van der Waals surface area contributed by atoms with Crippen LogP contribution in [-0.2, 0) is 5.41 Å². The first kappa shape index (κ1) is 33.3. The Bertz CT molecular complexity index is 3160. The van der Waals surface area contributed by atoms with Crippen molar-refractivity contribution >= 4 is 11.0 Å². The predicted molar refractivity (Wildman–Crippen MR) is 239 cm³/mol. The Kier molecular flexibility index (Phi) is 7.41. The second kappa shape index (κ2) is 13.1. The van der Waals surface area contributed by atoms with E-state index < -0.39 is 5.41 Å². The Morgan fingerprint density at radius 1 is 0.339 bits per heavy atom. The first-order valence-corrected chi connectivity index (χ1v) is 20.0. The van der Waals surface area contributed by atoms with Gasteiger partial charge in [0.25, 0.3) is 0 Å². The molecule has 4 nitrogen and oxygen atoms in total. The van der Waals surface area contributed by atoms with Gasteiger partial charge in [0.05, 0.1) is 16.8 Å². The maximum absolute atomic E-state index is 5.11. The van der Waals surface area contributed by atoms with E-state index in [1.807, 2.05) is 54.9 Å². The van der Waals surface area contributed by atoms with Crippen LogP contribution in [0, 0.1) is 0 Å². The second-order valence-corrected chi connectivity index (χ2v) is 15.3. The molecule has 0 aliphatic heterocycles. The maximum Gasteiger partial charge on any atom is 0.160 e. The Hall–Kier alpha value is -7.82. The normalized spacial score (nSPS) is 12.9. The zero-order valence-corrected chi connectivity index (χ0v) is 31.9. The molecular formula is C55H34N4. The van der Waals surface area contributed by atoms with Crippen LogP contribution in [0.2, 0.25) is 0 Å². The molecule has 59 heavy (non-hydrogen) atoms. The van der Waals surface area contributed by atoms with E-state index in [2.05, 4.69) is 152 Å². The summed E-state index contributed by atoms with van der Waals surface area (Å²) < 4.78 is 0. The van der Waals surface area contributed by atoms with Crippen LogP contribution in [0.1, 0.15) is 22.3 Å². The van der Waals surface area contributed by atoms with Crippen molar-refractivity contribution in [2.45, 2.75) is 5.41 Å². The summed E-state index contributed by atoms with van der Waals surface area (Å²) in [6.07, 6.45) is 3.85. The smallest absolute Gasteiger partial charge is 0.160 e. The molecule has 2 aliphatic rings. The van der Waals surface area contributed by atoms with Crippen molar-refractivity contribution in [1.29, 1.82) is 0 Å². The number of pyridine rings is 2. The topological polar surface area (TPSA) is 51.6 Å². The second-order valence-electron chi connectivity index (χ2n) is 15.3. The third kappa shape index (κ3) is 4.96. The fourth-order valence-corrected chi connectivity index (χ4v) is 9.79. The van der Waals surface area contributed by atoms with Crippen LogP contribution >= 0.6 is 0 Å². The van der Waals surface area contributed by atoms with Gasteiger partial charge in [0.2, 0.25) is 0 Å². The van der Waals surface area contributed by atoms with Crippen LogP contribution in [0.15, 0.2) is 207 Å². The van der Waals surface area contributed by atoms with Gasteiger partial charge < -0.3 is 0 Å². The average molecular weight is 751 g/mol. The Labute approximate surface area is 342 Å². The third-order valence-electron chi connectivity index (χ3n) is 12.2. The van der Waals surface area contributed by atoms with Crippen molar-refractivity contribution in [2.75, 3.05) is 0 Å². The summed E-state index contributed by atoms with van der Waals surface area (Å²) in [5.74, 6) is 0.697. The highest BCUT2D eigenvalue weighted by molar-refractivity contribution is 6.06. The molecule has 0 bridgehead atoms. The zero-order valence-electron chi connectivity index (χ0n) is 31.9. The van der Waals surface area contributed by atoms with Crippen molar-refractivity contribution in [3.8, 4) is 78.4 Å². The van der Waals surface area contributed by atoms with Gasteiger partial charge in [-0.05, 0) is 73.8 Å². The van der Waals surface area contributed by atoms with Gasteiger partial charge in [-0.2, -0.15) is 0 Å². The van der Waals surface area contributed by atoms with Crippen LogP contribution in [0.4, 0.5) is 0 Å². The molecule has 12 rings (SSSR count). The summed E-state index contributed by atoms with van der Waals surface area (Å²) in [5.41, 5.74) is 19.9. The number of nitrogens with zero attached hydrogens (tertiary/aromatic N) is 4. The summed E-state index contributed by atoms with van der Waals surface area (Å²) in [7, 11) is 0. The lowest BCUT2D eigenvalue weighted by molar-refractivity contribution is 0.794. The van der Waals surface area contributed by atoms with Crippen LogP contribution in [0.5, 0.6) is 0 Å². The van der Waals surface area contributed by atoms with Gasteiger partial charge in [-0.1, -0.05) is 176 Å². The number of hydrogen-bond donors (Lipinski definition) is 0. The van der Waals surface area contributed by atoms with Crippen molar-refractivity contribution in [3.63, 3.8) is 0 Å². The molecule has 0 saturated heterocycles. The highest BCUT2D eigenvalue weighted by Crippen LogP contribution is 2.64. The van der Waals surface area contributed by atoms with E-state index in [4.69, 9.17) is 19.9 Å². The lowest BCUT2D eigenvalue weighted by Crippen LogP contribution is -2.25. The van der Waals surface area contributed by atoms with Gasteiger partial charge in [-0.25, -0.2) is 19.9 Å². The fraction of sp³-hybridized carbons (Fsp3) is 0.0182. The lowest BCUT2D eigenvalue weighted by Gasteiger charge is -2.30. The molecular weight excluding hydrogens is 717 g/mol. The molecule has 4 heteroatoms. The number of hydrogen-bond acceptors (Lipinski definition) is 4. The first-order valence-electron chi connectivity index (χ1n) is 20.0. The average Bonchev–Trinajstić information content (AvgIpc) is 3.79. The molecule has 0 unspecified atom stereocenters. The summed E-state index contributed by atoms with van der Waals surface area (Å²) >= 11 is 0. The highest BCUT2D eigenvalue weighted by Gasteiger charge is 2.52. The largest absolute Gasteiger partial charge is 0.237 e. The minimum atomic E-state index is -0.433. The van der Waals surface area contributed by atoms with E-state index in [1.165, 1.54) is 44.5 Å². The minimum absolute atomic E-state index is 0.433. The number of benzene rings is 7. The molecule has 0 fully saturated rings. The SMILES string of the molecule is c1ccc(-c2cc(-c3ccc(-c4c(-c5cccc6c5-c5ccccc5C65c6ccccc6-c6ccccc65)cnc5ncccc45)cc3)nc(-c3ccccc3)n2)cc1. The minimum Gasteiger partial charge on any atom is -0.237 e. The third-order valence-corrected chi connectivity index (χ3v) is 12.2. The van der Waals surface area contributed by atoms with Crippen LogP contribution < -0.4 is 0 Å². The van der Waals surface area contributed by atoms with Crippen molar-refractivity contribution in [2.24, 2.45) is 0 Å². The molecule has 0 amide bonds. The fourth-order valence-electron chi connectivity index (χ4n) is 9.79. The van der Waals surface area contributed by atoms with E-state index in [0.29, 0.717) is 11.5 Å². The van der Waals surface area contributed by atoms with Gasteiger partial charge in [-0.3, -0.25) is 0 Å². The van der Waals surface area contributed by atoms with Crippen molar-refractivity contribution in [1.82, 2.24) is 19.9 Å². The zero-order chi connectivity index (χ0) is 38.9. The highest BCUT2D eigenvalue weighted by atomic mass is 14.9. The molecule has 2 aliphatic carbocycles. The van der Waals surface area contributed by atoms with E-state index in [9.17, 15) is 0 Å². The quantitative estimate of drug-likeness (QED) is 0.176. The van der Waals surface area contributed by atoms with E-state index in [1.54, 1.807) is 0 Å². The molecule has 7 aromatic carbocycles. The molecule has 10 aromatic rings. The molecule has 274 valence electrons. The van der Waals surface area contributed by atoms with Gasteiger partial charge in [0.15, 0.2) is 11.5 Å². The van der Waals surface area contributed by atoms with Crippen molar-refractivity contribution in [3.05, 3.63) is 229 Å². The van der Waals surface area contributed by atoms with Gasteiger partial charge in [-0.15, -0.1) is 0 Å². The molecule has 3 heterocycles. The number of rotatable bonds is 5. The van der Waals surface area contributed by atoms with E-state index in [0.717, 1.165) is 55.7 Å². The monoisotopic (exact) mass is 750 g/mol. The van der Waals surface area contributed by atoms with E-state index in [-0.39, 0.29) is 0 Å². The first-order chi connectivity index (χ1) is 29.3. The lowest BCUT2D eigenvalue weighted by atomic mass is 9.70. The standard InChI is InChI=1S/C55H34N4/c1-3-15-35(16-4-1)49-33-50(59-53(58-49)38-17-5-2-6-18-38)36-28-30-37(31-29-36)51-43-23-14-32-56-54(43)57-34-44(51)41-22-13-27-48-52(41)42-21-9-12-26-47(42)55(48)45-24-10-7-19-39(45)40-20-8-11-25-46(40)55/h1-34H. The summed E-state index contributed by atoms with van der Waals surface area (Å²) in [6.45, 7) is 0. The van der Waals surface area contributed by atoms with Crippen LogP contribution in [-0.4, -0.2) is 19.9 Å². The Balaban J connectivity index is 1.06. The Morgan fingerprint density at radius 3 is 1.54 bits per heavy atom. The molecule has 0 atom stereocenters. The number of aromatic nitrogens is 4. The summed E-state index contributed by atoms with van der Waals surface area (Å²) in [6, 6.07) is 69.3. The molecule has 1 spiro atoms. The Morgan fingerprint density at radius 2 is 0.864 bits per heavy atom. The van der Waals surface area contributed by atoms with Gasteiger partial charge >= 0.3 is 0 Å². The van der Waals surface area contributed by atoms with E-state index >= 15 is 0 Å². The predicted octanol–water partition coefficient (Wildman–Crippen LogP) is 13.1. The molecule has 0 saturated carbocycles. The molecule has 0 N–H and O–H groups in total. The number of fused-ring (bicyclic) bond motifs is 11. The molecule has 3 aromatic heterocycles. The van der Waals surface area contributed by atoms with Gasteiger partial charge in [0, 0.05) is 45.6 Å². The maximum atomic E-state index is 5.11. The van der Waals surface area contributed by atoms with Crippen LogP contribution in [0.25, 0.3) is 89.4 Å². The summed E-state index contributed by atoms with van der Waals surface area (Å²) in [4.78, 5) is 19.9. The van der Waals surface area contributed by atoms with Crippen molar-refractivity contribution < 1.29 is 0 Å².